The standard InChI is InChI=1S/C17H22N4/c1-13-5-4-6-14(11-13)12-19-17-18-10-9-16(21-17)20-15-7-2-3-8-15/h4-6,9-11,15H,2-3,7-8,12H2,1H3,(H2,18,19,20,21). The highest BCUT2D eigenvalue weighted by Crippen LogP contribution is 2.21. The van der Waals surface area contributed by atoms with Crippen molar-refractivity contribution >= 4 is 11.8 Å². The summed E-state index contributed by atoms with van der Waals surface area (Å²) in [6.45, 7) is 2.85. The van der Waals surface area contributed by atoms with Crippen LogP contribution in [0, 0.1) is 6.92 Å². The Morgan fingerprint density at radius 2 is 2.05 bits per heavy atom. The molecule has 1 saturated carbocycles. The van der Waals surface area contributed by atoms with E-state index in [0.29, 0.717) is 12.0 Å². The summed E-state index contributed by atoms with van der Waals surface area (Å²) in [5.41, 5.74) is 2.51. The van der Waals surface area contributed by atoms with E-state index in [2.05, 4.69) is 51.8 Å². The molecule has 1 aromatic carbocycles. The van der Waals surface area contributed by atoms with Gasteiger partial charge in [-0.05, 0) is 31.4 Å². The van der Waals surface area contributed by atoms with Gasteiger partial charge in [0.05, 0.1) is 0 Å². The maximum Gasteiger partial charge on any atom is 0.224 e. The van der Waals surface area contributed by atoms with Crippen LogP contribution in [0.1, 0.15) is 36.8 Å². The number of rotatable bonds is 5. The van der Waals surface area contributed by atoms with Crippen LogP contribution in [-0.4, -0.2) is 16.0 Å². The van der Waals surface area contributed by atoms with Crippen LogP contribution in [0.15, 0.2) is 36.5 Å². The average Bonchev–Trinajstić information content (AvgIpc) is 2.99. The minimum Gasteiger partial charge on any atom is -0.367 e. The number of hydrogen-bond acceptors (Lipinski definition) is 4. The van der Waals surface area contributed by atoms with E-state index in [9.17, 15) is 0 Å². The number of nitrogens with zero attached hydrogens (tertiary/aromatic N) is 2. The molecule has 0 amide bonds. The Bertz CT molecular complexity index is 591. The SMILES string of the molecule is Cc1cccc(CNc2nccc(NC3CCCC3)n2)c1. The van der Waals surface area contributed by atoms with Crippen LogP contribution in [0.4, 0.5) is 11.8 Å². The first-order valence-corrected chi connectivity index (χ1v) is 7.68. The Morgan fingerprint density at radius 3 is 2.86 bits per heavy atom. The Morgan fingerprint density at radius 1 is 1.19 bits per heavy atom. The van der Waals surface area contributed by atoms with Gasteiger partial charge in [-0.2, -0.15) is 4.98 Å². The second-order valence-electron chi connectivity index (χ2n) is 5.73. The Labute approximate surface area is 126 Å². The van der Waals surface area contributed by atoms with Gasteiger partial charge in [-0.3, -0.25) is 0 Å². The Hall–Kier alpha value is -2.10. The normalized spacial score (nSPS) is 15.1. The van der Waals surface area contributed by atoms with Crippen molar-refractivity contribution in [1.29, 1.82) is 0 Å². The minimum atomic E-state index is 0.574. The zero-order valence-corrected chi connectivity index (χ0v) is 12.5. The first kappa shape index (κ1) is 13.9. The molecular formula is C17H22N4. The molecule has 0 spiro atoms. The number of anilines is 2. The minimum absolute atomic E-state index is 0.574. The van der Waals surface area contributed by atoms with Crippen LogP contribution in [0.2, 0.25) is 0 Å². The summed E-state index contributed by atoms with van der Waals surface area (Å²) in [4.78, 5) is 8.83. The lowest BCUT2D eigenvalue weighted by atomic mass is 10.1. The van der Waals surface area contributed by atoms with E-state index in [1.165, 1.54) is 36.8 Å². The van der Waals surface area contributed by atoms with Gasteiger partial charge in [0.15, 0.2) is 0 Å². The molecule has 0 aliphatic heterocycles. The molecule has 1 aliphatic rings. The third-order valence-corrected chi connectivity index (χ3v) is 3.90. The van der Waals surface area contributed by atoms with Crippen molar-refractivity contribution in [3.05, 3.63) is 47.7 Å². The molecule has 21 heavy (non-hydrogen) atoms. The Kier molecular flexibility index (Phi) is 4.34. The van der Waals surface area contributed by atoms with E-state index in [0.717, 1.165) is 12.4 Å². The molecular weight excluding hydrogens is 260 g/mol. The van der Waals surface area contributed by atoms with Gasteiger partial charge in [-0.25, -0.2) is 4.98 Å². The summed E-state index contributed by atoms with van der Waals surface area (Å²) in [5.74, 6) is 1.60. The molecule has 2 aromatic rings. The van der Waals surface area contributed by atoms with Crippen molar-refractivity contribution < 1.29 is 0 Å². The highest BCUT2D eigenvalue weighted by atomic mass is 15.1. The molecule has 0 saturated heterocycles. The van der Waals surface area contributed by atoms with Gasteiger partial charge in [-0.1, -0.05) is 42.7 Å². The summed E-state index contributed by atoms with van der Waals surface area (Å²) >= 11 is 0. The van der Waals surface area contributed by atoms with Crippen LogP contribution in [-0.2, 0) is 6.54 Å². The highest BCUT2D eigenvalue weighted by molar-refractivity contribution is 5.41. The molecule has 0 radical (unpaired) electrons. The fourth-order valence-electron chi connectivity index (χ4n) is 2.81. The molecule has 0 bridgehead atoms. The van der Waals surface area contributed by atoms with Crippen molar-refractivity contribution in [2.75, 3.05) is 10.6 Å². The third kappa shape index (κ3) is 3.94. The van der Waals surface area contributed by atoms with Crippen molar-refractivity contribution in [3.63, 3.8) is 0 Å². The lowest BCUT2D eigenvalue weighted by molar-refractivity contribution is 0.750. The molecule has 0 atom stereocenters. The second kappa shape index (κ2) is 6.57. The molecule has 3 rings (SSSR count). The van der Waals surface area contributed by atoms with Gasteiger partial charge < -0.3 is 10.6 Å². The second-order valence-corrected chi connectivity index (χ2v) is 5.73. The van der Waals surface area contributed by atoms with E-state index in [1.807, 2.05) is 12.3 Å². The zero-order valence-electron chi connectivity index (χ0n) is 12.5. The predicted molar refractivity (Wildman–Crippen MR) is 86.4 cm³/mol. The van der Waals surface area contributed by atoms with Gasteiger partial charge in [0.25, 0.3) is 0 Å². The smallest absolute Gasteiger partial charge is 0.224 e. The quantitative estimate of drug-likeness (QED) is 0.877. The average molecular weight is 282 g/mol. The molecule has 4 heteroatoms. The van der Waals surface area contributed by atoms with Crippen molar-refractivity contribution in [3.8, 4) is 0 Å². The summed E-state index contributed by atoms with van der Waals surface area (Å²) in [6.07, 6.45) is 6.94. The first-order chi connectivity index (χ1) is 10.3. The van der Waals surface area contributed by atoms with Gasteiger partial charge in [0.2, 0.25) is 5.95 Å². The van der Waals surface area contributed by atoms with E-state index < -0.39 is 0 Å². The van der Waals surface area contributed by atoms with Crippen molar-refractivity contribution in [2.45, 2.75) is 45.2 Å². The summed E-state index contributed by atoms with van der Waals surface area (Å²) < 4.78 is 0. The molecule has 1 heterocycles. The Balaban J connectivity index is 1.60. The van der Waals surface area contributed by atoms with Gasteiger partial charge >= 0.3 is 0 Å². The maximum absolute atomic E-state index is 4.54. The number of aromatic nitrogens is 2. The lowest BCUT2D eigenvalue weighted by Gasteiger charge is -2.13. The summed E-state index contributed by atoms with van der Waals surface area (Å²) in [7, 11) is 0. The van der Waals surface area contributed by atoms with E-state index in [1.54, 1.807) is 0 Å². The fraction of sp³-hybridized carbons (Fsp3) is 0.412. The monoisotopic (exact) mass is 282 g/mol. The molecule has 1 aromatic heterocycles. The number of benzene rings is 1. The molecule has 0 unspecified atom stereocenters. The molecule has 1 fully saturated rings. The van der Waals surface area contributed by atoms with Crippen LogP contribution in [0.5, 0.6) is 0 Å². The zero-order chi connectivity index (χ0) is 14.5. The highest BCUT2D eigenvalue weighted by Gasteiger charge is 2.14. The van der Waals surface area contributed by atoms with Crippen LogP contribution < -0.4 is 10.6 Å². The maximum atomic E-state index is 4.54. The lowest BCUT2D eigenvalue weighted by Crippen LogP contribution is -2.16. The van der Waals surface area contributed by atoms with Gasteiger partial charge in [-0.15, -0.1) is 0 Å². The molecule has 110 valence electrons. The van der Waals surface area contributed by atoms with E-state index >= 15 is 0 Å². The third-order valence-electron chi connectivity index (χ3n) is 3.90. The fourth-order valence-corrected chi connectivity index (χ4v) is 2.81. The van der Waals surface area contributed by atoms with Gasteiger partial charge in [0.1, 0.15) is 5.82 Å². The van der Waals surface area contributed by atoms with Crippen LogP contribution in [0.3, 0.4) is 0 Å². The topological polar surface area (TPSA) is 49.8 Å². The summed E-state index contributed by atoms with van der Waals surface area (Å²) in [5, 5.41) is 6.79. The molecule has 1 aliphatic carbocycles. The molecule has 4 nitrogen and oxygen atoms in total. The summed E-state index contributed by atoms with van der Waals surface area (Å²) in [6, 6.07) is 11.0. The number of nitrogens with one attached hydrogen (secondary N) is 2. The first-order valence-electron chi connectivity index (χ1n) is 7.68. The van der Waals surface area contributed by atoms with E-state index in [-0.39, 0.29) is 0 Å². The number of aryl methyl sites for hydroxylation is 1. The number of hydrogen-bond donors (Lipinski definition) is 2. The molecule has 2 N–H and O–H groups in total. The van der Waals surface area contributed by atoms with Crippen molar-refractivity contribution in [2.24, 2.45) is 0 Å². The largest absolute Gasteiger partial charge is 0.367 e. The predicted octanol–water partition coefficient (Wildman–Crippen LogP) is 3.75. The van der Waals surface area contributed by atoms with Crippen LogP contribution in [0.25, 0.3) is 0 Å². The van der Waals surface area contributed by atoms with Crippen LogP contribution >= 0.6 is 0 Å². The van der Waals surface area contributed by atoms with Crippen molar-refractivity contribution in [1.82, 2.24) is 9.97 Å². The van der Waals surface area contributed by atoms with E-state index in [4.69, 9.17) is 0 Å². The van der Waals surface area contributed by atoms with Gasteiger partial charge in [0, 0.05) is 18.8 Å².